The van der Waals surface area contributed by atoms with Gasteiger partial charge in [0.25, 0.3) is 0 Å². The Morgan fingerprint density at radius 2 is 1.67 bits per heavy atom. The maximum Gasteiger partial charge on any atom is 0.231 e. The Hall–Kier alpha value is -3.34. The van der Waals surface area contributed by atoms with Crippen LogP contribution in [0.15, 0.2) is 60.7 Å². The van der Waals surface area contributed by atoms with Gasteiger partial charge in [0, 0.05) is 6.54 Å². The van der Waals surface area contributed by atoms with Crippen molar-refractivity contribution in [2.45, 2.75) is 6.54 Å². The van der Waals surface area contributed by atoms with Crippen LogP contribution in [0.4, 0.5) is 5.69 Å². The van der Waals surface area contributed by atoms with E-state index in [0.29, 0.717) is 23.8 Å². The smallest absolute Gasteiger partial charge is 0.231 e. The maximum absolute atomic E-state index is 5.51. The summed E-state index contributed by atoms with van der Waals surface area (Å²) < 4.78 is 21.9. The highest BCUT2D eigenvalue weighted by molar-refractivity contribution is 5.72. The van der Waals surface area contributed by atoms with Gasteiger partial charge in [0.1, 0.15) is 5.75 Å². The van der Waals surface area contributed by atoms with Crippen LogP contribution in [0.3, 0.4) is 0 Å². The molecule has 1 heterocycles. The second kappa shape index (κ2) is 7.50. The molecule has 0 atom stereocenters. The van der Waals surface area contributed by atoms with E-state index in [1.54, 1.807) is 14.2 Å². The lowest BCUT2D eigenvalue weighted by Gasteiger charge is -2.14. The van der Waals surface area contributed by atoms with Crippen LogP contribution in [0.25, 0.3) is 11.1 Å². The van der Waals surface area contributed by atoms with Gasteiger partial charge in [-0.2, -0.15) is 0 Å². The highest BCUT2D eigenvalue weighted by atomic mass is 16.7. The van der Waals surface area contributed by atoms with Gasteiger partial charge in [-0.25, -0.2) is 0 Å². The monoisotopic (exact) mass is 363 g/mol. The summed E-state index contributed by atoms with van der Waals surface area (Å²) in [5.74, 6) is 2.83. The van der Waals surface area contributed by atoms with Gasteiger partial charge in [-0.1, -0.05) is 36.4 Å². The van der Waals surface area contributed by atoms with Gasteiger partial charge in [-0.05, 0) is 41.0 Å². The molecule has 0 aromatic heterocycles. The Labute approximate surface area is 158 Å². The second-order valence-corrected chi connectivity index (χ2v) is 6.17. The van der Waals surface area contributed by atoms with Crippen LogP contribution in [0, 0.1) is 0 Å². The van der Waals surface area contributed by atoms with Gasteiger partial charge < -0.3 is 24.3 Å². The Bertz CT molecular complexity index is 941. The molecule has 1 N–H and O–H groups in total. The van der Waals surface area contributed by atoms with E-state index in [1.807, 2.05) is 36.4 Å². The molecule has 5 heteroatoms. The molecule has 0 bridgehead atoms. The van der Waals surface area contributed by atoms with E-state index < -0.39 is 0 Å². The number of fused-ring (bicyclic) bond motifs is 1. The first-order valence-electron chi connectivity index (χ1n) is 8.72. The minimum Gasteiger partial charge on any atom is -0.495 e. The fraction of sp³-hybridized carbons (Fsp3) is 0.182. The summed E-state index contributed by atoms with van der Waals surface area (Å²) >= 11 is 0. The van der Waals surface area contributed by atoms with Crippen LogP contribution in [-0.4, -0.2) is 21.0 Å². The molecule has 0 radical (unpaired) electrons. The molecule has 138 valence electrons. The normalized spacial score (nSPS) is 11.9. The Balaban J connectivity index is 1.59. The summed E-state index contributed by atoms with van der Waals surface area (Å²) in [6, 6.07) is 20.3. The topological polar surface area (TPSA) is 49.0 Å². The zero-order valence-electron chi connectivity index (χ0n) is 15.3. The molecule has 5 nitrogen and oxygen atoms in total. The molecule has 1 aliphatic rings. The summed E-state index contributed by atoms with van der Waals surface area (Å²) in [7, 11) is 3.30. The van der Waals surface area contributed by atoms with Crippen LogP contribution in [0.1, 0.15) is 5.56 Å². The minimum atomic E-state index is 0.218. The van der Waals surface area contributed by atoms with Crippen molar-refractivity contribution in [2.24, 2.45) is 0 Å². The van der Waals surface area contributed by atoms with Crippen molar-refractivity contribution in [1.82, 2.24) is 0 Å². The van der Waals surface area contributed by atoms with Gasteiger partial charge in [-0.15, -0.1) is 0 Å². The molecule has 0 fully saturated rings. The van der Waals surface area contributed by atoms with Gasteiger partial charge in [0.05, 0.1) is 19.9 Å². The summed E-state index contributed by atoms with van der Waals surface area (Å²) in [5.41, 5.74) is 4.24. The first kappa shape index (κ1) is 17.1. The molecule has 0 aliphatic carbocycles. The van der Waals surface area contributed by atoms with E-state index in [0.717, 1.165) is 28.1 Å². The lowest BCUT2D eigenvalue weighted by molar-refractivity contribution is 0.171. The standard InChI is InChI=1S/C22H21NO4/c1-24-19-9-8-17(16-6-4-3-5-7-16)12-18(19)23-13-15-10-20(25-2)22-21(11-15)26-14-27-22/h3-12,23H,13-14H2,1-2H3. The van der Waals surface area contributed by atoms with Crippen molar-refractivity contribution in [3.8, 4) is 34.1 Å². The summed E-state index contributed by atoms with van der Waals surface area (Å²) in [6.45, 7) is 0.817. The first-order valence-corrected chi connectivity index (χ1v) is 8.72. The SMILES string of the molecule is COc1ccc(-c2ccccc2)cc1NCc1cc(OC)c2c(c1)OCO2. The largest absolute Gasteiger partial charge is 0.495 e. The molecule has 4 rings (SSSR count). The van der Waals surface area contributed by atoms with Gasteiger partial charge in [-0.3, -0.25) is 0 Å². The molecule has 3 aromatic rings. The van der Waals surface area contributed by atoms with Crippen LogP contribution in [0.5, 0.6) is 23.0 Å². The van der Waals surface area contributed by atoms with Crippen LogP contribution in [0.2, 0.25) is 0 Å². The first-order chi connectivity index (χ1) is 13.3. The minimum absolute atomic E-state index is 0.218. The molecular formula is C22H21NO4. The van der Waals surface area contributed by atoms with E-state index in [4.69, 9.17) is 18.9 Å². The van der Waals surface area contributed by atoms with Crippen molar-refractivity contribution in [1.29, 1.82) is 0 Å². The van der Waals surface area contributed by atoms with Crippen LogP contribution < -0.4 is 24.3 Å². The molecule has 27 heavy (non-hydrogen) atoms. The van der Waals surface area contributed by atoms with Crippen molar-refractivity contribution in [3.63, 3.8) is 0 Å². The lowest BCUT2D eigenvalue weighted by atomic mass is 10.0. The third-order valence-corrected chi connectivity index (χ3v) is 4.51. The second-order valence-electron chi connectivity index (χ2n) is 6.17. The Morgan fingerprint density at radius 1 is 0.852 bits per heavy atom. The number of nitrogens with one attached hydrogen (secondary N) is 1. The molecule has 3 aromatic carbocycles. The molecule has 1 aliphatic heterocycles. The summed E-state index contributed by atoms with van der Waals surface area (Å²) in [4.78, 5) is 0. The third-order valence-electron chi connectivity index (χ3n) is 4.51. The van der Waals surface area contributed by atoms with Gasteiger partial charge in [0.2, 0.25) is 12.5 Å². The number of methoxy groups -OCH3 is 2. The Kier molecular flexibility index (Phi) is 4.75. The van der Waals surface area contributed by atoms with E-state index >= 15 is 0 Å². The number of hydrogen-bond acceptors (Lipinski definition) is 5. The van der Waals surface area contributed by atoms with E-state index in [2.05, 4.69) is 29.6 Å². The molecule has 0 saturated heterocycles. The molecular weight excluding hydrogens is 342 g/mol. The van der Waals surface area contributed by atoms with Crippen LogP contribution in [-0.2, 0) is 6.54 Å². The summed E-state index contributed by atoms with van der Waals surface area (Å²) in [5, 5.41) is 3.46. The average molecular weight is 363 g/mol. The van der Waals surface area contributed by atoms with Crippen LogP contribution >= 0.6 is 0 Å². The number of rotatable bonds is 6. The van der Waals surface area contributed by atoms with Gasteiger partial charge in [0.15, 0.2) is 11.5 Å². The van der Waals surface area contributed by atoms with Crippen molar-refractivity contribution in [2.75, 3.05) is 26.3 Å². The molecule has 0 unspecified atom stereocenters. The lowest BCUT2D eigenvalue weighted by Crippen LogP contribution is -2.02. The summed E-state index contributed by atoms with van der Waals surface area (Å²) in [6.07, 6.45) is 0. The van der Waals surface area contributed by atoms with Crippen molar-refractivity contribution >= 4 is 5.69 Å². The number of ether oxygens (including phenoxy) is 4. The highest BCUT2D eigenvalue weighted by Crippen LogP contribution is 2.42. The number of anilines is 1. The van der Waals surface area contributed by atoms with Gasteiger partial charge >= 0.3 is 0 Å². The molecule has 0 amide bonds. The van der Waals surface area contributed by atoms with E-state index in [9.17, 15) is 0 Å². The van der Waals surface area contributed by atoms with Crippen molar-refractivity contribution < 1.29 is 18.9 Å². The quantitative estimate of drug-likeness (QED) is 0.687. The average Bonchev–Trinajstić information content (AvgIpc) is 3.20. The third kappa shape index (κ3) is 3.49. The number of benzene rings is 3. The predicted octanol–water partition coefficient (Wildman–Crippen LogP) is 4.71. The maximum atomic E-state index is 5.51. The Morgan fingerprint density at radius 3 is 2.44 bits per heavy atom. The fourth-order valence-electron chi connectivity index (χ4n) is 3.14. The highest BCUT2D eigenvalue weighted by Gasteiger charge is 2.20. The van der Waals surface area contributed by atoms with E-state index in [-0.39, 0.29) is 6.79 Å². The zero-order chi connectivity index (χ0) is 18.6. The number of hydrogen-bond donors (Lipinski definition) is 1. The van der Waals surface area contributed by atoms with Crippen molar-refractivity contribution in [3.05, 3.63) is 66.2 Å². The zero-order valence-corrected chi connectivity index (χ0v) is 15.3. The fourth-order valence-corrected chi connectivity index (χ4v) is 3.14. The molecule has 0 spiro atoms. The predicted molar refractivity (Wildman–Crippen MR) is 105 cm³/mol. The van der Waals surface area contributed by atoms with E-state index in [1.165, 1.54) is 0 Å². The molecule has 0 saturated carbocycles.